The number of fused-ring (bicyclic) bond motifs is 2. The van der Waals surface area contributed by atoms with Crippen LogP contribution >= 0.6 is 15.9 Å². The minimum absolute atomic E-state index is 0.0196. The Morgan fingerprint density at radius 2 is 1.82 bits per heavy atom. The number of amides is 2. The van der Waals surface area contributed by atoms with Crippen molar-refractivity contribution in [3.8, 4) is 0 Å². The van der Waals surface area contributed by atoms with Gasteiger partial charge in [0.15, 0.2) is 0 Å². The number of imidazole rings is 1. The predicted molar refractivity (Wildman–Crippen MR) is 136 cm³/mol. The number of aromatic amines is 1. The SMILES string of the molecule is CN(C(=O)O)c1nc2ccc(C3(OC(=O)C(F)(F)F)c4ccccc4C(=O)N3Cc3ccccc3Br)cc2[nH]1. The number of ether oxygens (including phenoxy) is 1. The number of carbonyl (C=O) groups is 3. The van der Waals surface area contributed by atoms with Crippen molar-refractivity contribution in [2.75, 3.05) is 11.9 Å². The van der Waals surface area contributed by atoms with E-state index in [1.807, 2.05) is 0 Å². The highest BCUT2D eigenvalue weighted by molar-refractivity contribution is 9.10. The number of hydrogen-bond acceptors (Lipinski definition) is 5. The molecule has 1 aromatic heterocycles. The molecule has 0 spiro atoms. The Hall–Kier alpha value is -4.39. The first-order valence-electron chi connectivity index (χ1n) is 11.4. The van der Waals surface area contributed by atoms with Crippen LogP contribution in [0.25, 0.3) is 11.0 Å². The van der Waals surface area contributed by atoms with Crippen molar-refractivity contribution in [1.29, 1.82) is 0 Å². The van der Waals surface area contributed by atoms with Crippen LogP contribution in [0.4, 0.5) is 23.9 Å². The number of carbonyl (C=O) groups excluding carboxylic acids is 2. The average Bonchev–Trinajstić information content (AvgIpc) is 3.42. The van der Waals surface area contributed by atoms with Crippen molar-refractivity contribution in [3.05, 3.63) is 93.5 Å². The molecule has 0 bridgehead atoms. The second kappa shape index (κ2) is 9.42. The summed E-state index contributed by atoms with van der Waals surface area (Å²) in [5.41, 5.74) is -1.08. The third kappa shape index (κ3) is 4.38. The molecule has 1 atom stereocenters. The number of aromatic nitrogens is 2. The number of hydrogen-bond donors (Lipinski definition) is 2. The molecule has 3 aromatic carbocycles. The molecule has 1 aliphatic rings. The van der Waals surface area contributed by atoms with Gasteiger partial charge in [0, 0.05) is 28.2 Å². The van der Waals surface area contributed by atoms with E-state index in [9.17, 15) is 32.7 Å². The summed E-state index contributed by atoms with van der Waals surface area (Å²) in [6.45, 7) is -0.214. The van der Waals surface area contributed by atoms with Crippen molar-refractivity contribution < 1.29 is 37.4 Å². The highest BCUT2D eigenvalue weighted by Gasteiger charge is 2.57. The molecular weight excluding hydrogens is 585 g/mol. The molecule has 1 aliphatic heterocycles. The van der Waals surface area contributed by atoms with Gasteiger partial charge >= 0.3 is 18.2 Å². The van der Waals surface area contributed by atoms with Gasteiger partial charge in [0.25, 0.3) is 5.91 Å². The zero-order valence-corrected chi connectivity index (χ0v) is 21.6. The maximum Gasteiger partial charge on any atom is 0.491 e. The number of carboxylic acid groups (broad SMARTS) is 1. The third-order valence-electron chi connectivity index (χ3n) is 6.37. The summed E-state index contributed by atoms with van der Waals surface area (Å²) in [6, 6.07) is 17.0. The monoisotopic (exact) mass is 602 g/mol. The van der Waals surface area contributed by atoms with Crippen molar-refractivity contribution in [1.82, 2.24) is 14.9 Å². The van der Waals surface area contributed by atoms with Crippen molar-refractivity contribution in [2.45, 2.75) is 18.4 Å². The zero-order chi connectivity index (χ0) is 28.1. The fraction of sp³-hybridized carbons (Fsp3) is 0.154. The third-order valence-corrected chi connectivity index (χ3v) is 7.14. The van der Waals surface area contributed by atoms with Crippen LogP contribution in [-0.2, 0) is 21.8 Å². The first-order chi connectivity index (χ1) is 18.4. The smallest absolute Gasteiger partial charge is 0.465 e. The zero-order valence-electron chi connectivity index (χ0n) is 20.0. The number of nitrogens with zero attached hydrogens (tertiary/aromatic N) is 3. The molecule has 0 saturated heterocycles. The van der Waals surface area contributed by atoms with E-state index < -0.39 is 29.9 Å². The first-order valence-corrected chi connectivity index (χ1v) is 12.1. The molecule has 2 N–H and O–H groups in total. The van der Waals surface area contributed by atoms with Crippen molar-refractivity contribution >= 4 is 50.9 Å². The van der Waals surface area contributed by atoms with Crippen LogP contribution in [0, 0.1) is 0 Å². The lowest BCUT2D eigenvalue weighted by atomic mass is 9.92. The molecule has 0 radical (unpaired) electrons. The molecule has 0 fully saturated rings. The number of rotatable bonds is 5. The van der Waals surface area contributed by atoms with Crippen molar-refractivity contribution in [2.24, 2.45) is 0 Å². The van der Waals surface area contributed by atoms with E-state index in [1.54, 1.807) is 30.3 Å². The Balaban J connectivity index is 1.76. The summed E-state index contributed by atoms with van der Waals surface area (Å²) < 4.78 is 46.8. The highest BCUT2D eigenvalue weighted by atomic mass is 79.9. The van der Waals surface area contributed by atoms with Gasteiger partial charge in [-0.15, -0.1) is 0 Å². The molecule has 2 amide bonds. The van der Waals surface area contributed by atoms with Crippen LogP contribution in [0.5, 0.6) is 0 Å². The summed E-state index contributed by atoms with van der Waals surface area (Å²) in [4.78, 5) is 46.4. The molecule has 1 unspecified atom stereocenters. The van der Waals surface area contributed by atoms with Crippen LogP contribution in [0.15, 0.2) is 71.2 Å². The molecule has 9 nitrogen and oxygen atoms in total. The summed E-state index contributed by atoms with van der Waals surface area (Å²) in [5.74, 6) is -3.17. The molecule has 13 heteroatoms. The van der Waals surface area contributed by atoms with Gasteiger partial charge in [-0.05, 0) is 29.8 Å². The highest BCUT2D eigenvalue weighted by Crippen LogP contribution is 2.48. The maximum atomic E-state index is 13.7. The molecule has 0 saturated carbocycles. The fourth-order valence-corrected chi connectivity index (χ4v) is 4.92. The molecule has 200 valence electrons. The summed E-state index contributed by atoms with van der Waals surface area (Å²) in [6.07, 6.45) is -6.65. The summed E-state index contributed by atoms with van der Waals surface area (Å²) >= 11 is 3.40. The molecular formula is C26H18BrF3N4O5. The molecule has 4 aromatic rings. The van der Waals surface area contributed by atoms with Gasteiger partial charge in [-0.25, -0.2) is 14.6 Å². The van der Waals surface area contributed by atoms with Gasteiger partial charge in [-0.2, -0.15) is 13.2 Å². The van der Waals surface area contributed by atoms with E-state index in [-0.39, 0.29) is 34.7 Å². The van der Waals surface area contributed by atoms with Crippen LogP contribution in [-0.4, -0.2) is 51.2 Å². The van der Waals surface area contributed by atoms with E-state index in [2.05, 4.69) is 25.9 Å². The number of alkyl halides is 3. The van der Waals surface area contributed by atoms with Gasteiger partial charge in [0.05, 0.1) is 17.6 Å². The predicted octanol–water partition coefficient (Wildman–Crippen LogP) is 5.40. The Morgan fingerprint density at radius 3 is 2.51 bits per heavy atom. The van der Waals surface area contributed by atoms with Crippen LogP contribution in [0.3, 0.4) is 0 Å². The van der Waals surface area contributed by atoms with E-state index in [0.29, 0.717) is 15.6 Å². The normalized spacial score (nSPS) is 16.8. The number of H-pyrrole nitrogens is 1. The van der Waals surface area contributed by atoms with E-state index >= 15 is 0 Å². The van der Waals surface area contributed by atoms with Gasteiger partial charge in [0.1, 0.15) is 0 Å². The quantitative estimate of drug-likeness (QED) is 0.295. The van der Waals surface area contributed by atoms with Crippen LogP contribution in [0.2, 0.25) is 0 Å². The van der Waals surface area contributed by atoms with Crippen molar-refractivity contribution in [3.63, 3.8) is 0 Å². The van der Waals surface area contributed by atoms with Crippen LogP contribution < -0.4 is 4.90 Å². The van der Waals surface area contributed by atoms with Gasteiger partial charge in [-0.1, -0.05) is 58.4 Å². The lowest BCUT2D eigenvalue weighted by Gasteiger charge is -2.39. The molecule has 39 heavy (non-hydrogen) atoms. The number of esters is 1. The Labute approximate surface area is 226 Å². The molecule has 0 aliphatic carbocycles. The molecule has 2 heterocycles. The lowest BCUT2D eigenvalue weighted by molar-refractivity contribution is -0.222. The number of nitrogens with one attached hydrogen (secondary N) is 1. The molecule has 5 rings (SSSR count). The largest absolute Gasteiger partial charge is 0.491 e. The summed E-state index contributed by atoms with van der Waals surface area (Å²) in [5, 5.41) is 9.29. The van der Waals surface area contributed by atoms with Gasteiger partial charge < -0.3 is 14.8 Å². The Morgan fingerprint density at radius 1 is 1.13 bits per heavy atom. The average molecular weight is 603 g/mol. The number of anilines is 1. The number of benzene rings is 3. The second-order valence-corrected chi connectivity index (χ2v) is 9.55. The van der Waals surface area contributed by atoms with Gasteiger partial charge in [0.2, 0.25) is 11.7 Å². The minimum atomic E-state index is -5.36. The van der Waals surface area contributed by atoms with E-state index in [1.165, 1.54) is 43.4 Å². The first kappa shape index (κ1) is 26.2. The Bertz CT molecular complexity index is 1640. The van der Waals surface area contributed by atoms with Crippen LogP contribution in [0.1, 0.15) is 27.0 Å². The lowest BCUT2D eigenvalue weighted by Crippen LogP contribution is -2.49. The summed E-state index contributed by atoms with van der Waals surface area (Å²) in [7, 11) is 1.26. The fourth-order valence-electron chi connectivity index (χ4n) is 4.51. The Kier molecular flexibility index (Phi) is 6.33. The topological polar surface area (TPSA) is 116 Å². The number of halogens is 4. The van der Waals surface area contributed by atoms with E-state index in [4.69, 9.17) is 4.74 Å². The van der Waals surface area contributed by atoms with E-state index in [0.717, 1.165) is 9.80 Å². The van der Waals surface area contributed by atoms with Gasteiger partial charge in [-0.3, -0.25) is 14.6 Å². The standard InChI is InChI=1S/C26H18BrF3N4O5/c1-33(24(37)38)23-31-19-11-10-15(12-20(19)32-23)25(39-22(36)26(28,29)30)17-8-4-3-7-16(17)21(35)34(25)13-14-6-2-5-9-18(14)27/h2-12H,13H2,1H3,(H,31,32)(H,37,38). The second-order valence-electron chi connectivity index (χ2n) is 8.69. The maximum absolute atomic E-state index is 13.7. The minimum Gasteiger partial charge on any atom is -0.465 e.